The summed E-state index contributed by atoms with van der Waals surface area (Å²) < 4.78 is 0. The first-order valence-corrected chi connectivity index (χ1v) is 4.44. The van der Waals surface area contributed by atoms with Gasteiger partial charge in [-0.3, -0.25) is 0 Å². The normalized spacial score (nSPS) is 12.6. The molecule has 3 heteroatoms. The summed E-state index contributed by atoms with van der Waals surface area (Å²) in [7, 11) is 0. The Kier molecular flexibility index (Phi) is 3.18. The lowest BCUT2D eigenvalue weighted by molar-refractivity contribution is -0.107. The average Bonchev–Trinajstić information content (AvgIpc) is 2.08. The van der Waals surface area contributed by atoms with E-state index in [4.69, 9.17) is 11.6 Å². The molecule has 1 rings (SSSR count). The molecule has 1 unspecified atom stereocenters. The fourth-order valence-electron chi connectivity index (χ4n) is 0.930. The molecule has 0 fully saturated rings. The molecule has 64 valence electrons. The molecular formula is C9H9ClOS. The first-order valence-electron chi connectivity index (χ1n) is 3.54. The molecule has 0 N–H and O–H groups in total. The summed E-state index contributed by atoms with van der Waals surface area (Å²) in [5, 5.41) is 0.367. The van der Waals surface area contributed by atoms with E-state index in [1.807, 2.05) is 13.0 Å². The van der Waals surface area contributed by atoms with E-state index in [2.05, 4.69) is 12.6 Å². The fourth-order valence-corrected chi connectivity index (χ4v) is 1.21. The molecular weight excluding hydrogens is 192 g/mol. The van der Waals surface area contributed by atoms with Gasteiger partial charge in [0.1, 0.15) is 6.29 Å². The number of aldehydes is 1. The van der Waals surface area contributed by atoms with Crippen LogP contribution in [0.5, 0.6) is 0 Å². The topological polar surface area (TPSA) is 17.1 Å². The second-order valence-corrected chi connectivity index (χ2v) is 3.55. The summed E-state index contributed by atoms with van der Waals surface area (Å²) in [5.41, 5.74) is 1.85. The summed E-state index contributed by atoms with van der Waals surface area (Å²) in [6.07, 6.45) is 0.797. The molecule has 0 aliphatic heterocycles. The zero-order chi connectivity index (χ0) is 9.14. The molecule has 0 spiro atoms. The van der Waals surface area contributed by atoms with Gasteiger partial charge in [-0.05, 0) is 24.1 Å². The van der Waals surface area contributed by atoms with Crippen molar-refractivity contribution in [2.45, 2.75) is 12.2 Å². The molecule has 0 aromatic heterocycles. The van der Waals surface area contributed by atoms with Gasteiger partial charge in [0.2, 0.25) is 0 Å². The summed E-state index contributed by atoms with van der Waals surface area (Å²) in [4.78, 5) is 10.4. The second-order valence-electron chi connectivity index (χ2n) is 2.59. The van der Waals surface area contributed by atoms with Crippen molar-refractivity contribution in [3.63, 3.8) is 0 Å². The molecule has 1 atom stereocenters. The van der Waals surface area contributed by atoms with Crippen LogP contribution in [0.3, 0.4) is 0 Å². The number of thiol groups is 1. The Morgan fingerprint density at radius 2 is 2.25 bits per heavy atom. The fraction of sp³-hybridized carbons (Fsp3) is 0.222. The summed E-state index contributed by atoms with van der Waals surface area (Å²) in [6, 6.07) is 5.45. The number of hydrogen-bond donors (Lipinski definition) is 1. The van der Waals surface area contributed by atoms with Crippen LogP contribution in [0.4, 0.5) is 0 Å². The third-order valence-electron chi connectivity index (χ3n) is 1.65. The van der Waals surface area contributed by atoms with Gasteiger partial charge in [0, 0.05) is 5.02 Å². The van der Waals surface area contributed by atoms with Crippen LogP contribution in [0.1, 0.15) is 16.4 Å². The molecule has 0 aliphatic carbocycles. The molecule has 0 heterocycles. The molecule has 0 bridgehead atoms. The number of carbonyl (C=O) groups excluding carboxylic acids is 1. The van der Waals surface area contributed by atoms with E-state index in [1.165, 1.54) is 0 Å². The van der Waals surface area contributed by atoms with Crippen LogP contribution in [0.15, 0.2) is 18.2 Å². The number of benzene rings is 1. The lowest BCUT2D eigenvalue weighted by Gasteiger charge is -2.05. The quantitative estimate of drug-likeness (QED) is 0.574. The lowest BCUT2D eigenvalue weighted by Crippen LogP contribution is -1.91. The van der Waals surface area contributed by atoms with Gasteiger partial charge in [-0.2, -0.15) is 12.6 Å². The Balaban J connectivity index is 3.04. The van der Waals surface area contributed by atoms with Crippen LogP contribution in [-0.4, -0.2) is 6.29 Å². The minimum Gasteiger partial charge on any atom is -0.302 e. The van der Waals surface area contributed by atoms with Crippen LogP contribution in [0.2, 0.25) is 5.02 Å². The van der Waals surface area contributed by atoms with E-state index in [0.29, 0.717) is 5.02 Å². The van der Waals surface area contributed by atoms with E-state index < -0.39 is 0 Å². The van der Waals surface area contributed by atoms with Crippen molar-refractivity contribution in [2.24, 2.45) is 0 Å². The molecule has 0 saturated carbocycles. The highest BCUT2D eigenvalue weighted by molar-refractivity contribution is 7.81. The average molecular weight is 201 g/mol. The number of hydrogen-bond acceptors (Lipinski definition) is 2. The molecule has 0 amide bonds. The van der Waals surface area contributed by atoms with Crippen molar-refractivity contribution in [1.29, 1.82) is 0 Å². The molecule has 1 nitrogen and oxygen atoms in total. The van der Waals surface area contributed by atoms with Gasteiger partial charge in [-0.15, -0.1) is 0 Å². The third-order valence-corrected chi connectivity index (χ3v) is 2.50. The Hall–Kier alpha value is -0.470. The highest BCUT2D eigenvalue weighted by atomic mass is 35.5. The molecule has 1 aromatic rings. The maximum atomic E-state index is 10.4. The van der Waals surface area contributed by atoms with Crippen LogP contribution in [0.25, 0.3) is 0 Å². The summed E-state index contributed by atoms with van der Waals surface area (Å²) in [5.74, 6) is 0. The van der Waals surface area contributed by atoms with E-state index >= 15 is 0 Å². The number of aryl methyl sites for hydroxylation is 1. The van der Waals surface area contributed by atoms with Crippen molar-refractivity contribution in [3.8, 4) is 0 Å². The zero-order valence-corrected chi connectivity index (χ0v) is 8.27. The predicted molar refractivity (Wildman–Crippen MR) is 54.0 cm³/mol. The van der Waals surface area contributed by atoms with E-state index in [1.54, 1.807) is 12.1 Å². The van der Waals surface area contributed by atoms with Gasteiger partial charge >= 0.3 is 0 Å². The largest absolute Gasteiger partial charge is 0.302 e. The van der Waals surface area contributed by atoms with Gasteiger partial charge in [-0.1, -0.05) is 23.7 Å². The maximum Gasteiger partial charge on any atom is 0.137 e. The van der Waals surface area contributed by atoms with Gasteiger partial charge in [0.25, 0.3) is 0 Å². The second kappa shape index (κ2) is 3.97. The van der Waals surface area contributed by atoms with Crippen molar-refractivity contribution in [3.05, 3.63) is 34.3 Å². The van der Waals surface area contributed by atoms with Gasteiger partial charge in [-0.25, -0.2) is 0 Å². The summed E-state index contributed by atoms with van der Waals surface area (Å²) in [6.45, 7) is 1.90. The van der Waals surface area contributed by atoms with Crippen molar-refractivity contribution >= 4 is 30.5 Å². The first-order chi connectivity index (χ1) is 5.65. The lowest BCUT2D eigenvalue weighted by atomic mass is 10.1. The highest BCUT2D eigenvalue weighted by Crippen LogP contribution is 2.22. The van der Waals surface area contributed by atoms with Crippen molar-refractivity contribution in [1.82, 2.24) is 0 Å². The molecule has 1 aromatic carbocycles. The minimum absolute atomic E-state index is 0.346. The van der Waals surface area contributed by atoms with E-state index in [9.17, 15) is 4.79 Å². The molecule has 12 heavy (non-hydrogen) atoms. The van der Waals surface area contributed by atoms with Crippen LogP contribution in [-0.2, 0) is 4.79 Å². The van der Waals surface area contributed by atoms with Gasteiger partial charge in [0.15, 0.2) is 0 Å². The van der Waals surface area contributed by atoms with Crippen molar-refractivity contribution < 1.29 is 4.79 Å². The zero-order valence-electron chi connectivity index (χ0n) is 6.62. The number of rotatable bonds is 2. The smallest absolute Gasteiger partial charge is 0.137 e. The van der Waals surface area contributed by atoms with Crippen LogP contribution in [0, 0.1) is 6.92 Å². The Labute approximate surface area is 82.1 Å². The number of carbonyl (C=O) groups is 1. The van der Waals surface area contributed by atoms with Crippen LogP contribution < -0.4 is 0 Å². The molecule has 0 radical (unpaired) electrons. The van der Waals surface area contributed by atoms with Crippen LogP contribution >= 0.6 is 24.2 Å². The summed E-state index contributed by atoms with van der Waals surface area (Å²) >= 11 is 9.91. The monoisotopic (exact) mass is 200 g/mol. The first kappa shape index (κ1) is 9.62. The van der Waals surface area contributed by atoms with Gasteiger partial charge < -0.3 is 4.79 Å². The Morgan fingerprint density at radius 3 is 2.75 bits per heavy atom. The van der Waals surface area contributed by atoms with E-state index in [-0.39, 0.29) is 5.25 Å². The Bertz CT molecular complexity index is 299. The standard InChI is InChI=1S/C9H9ClOS/c1-6-4-7(9(12)5-11)2-3-8(6)10/h2-5,9,12H,1H3. The predicted octanol–water partition coefficient (Wildman–Crippen LogP) is 2.82. The maximum absolute atomic E-state index is 10.4. The SMILES string of the molecule is Cc1cc(C(S)C=O)ccc1Cl. The van der Waals surface area contributed by atoms with Crippen molar-refractivity contribution in [2.75, 3.05) is 0 Å². The van der Waals surface area contributed by atoms with Gasteiger partial charge in [0.05, 0.1) is 5.25 Å². The highest BCUT2D eigenvalue weighted by Gasteiger charge is 2.05. The Morgan fingerprint density at radius 1 is 1.58 bits per heavy atom. The number of halogens is 1. The molecule has 0 saturated heterocycles. The minimum atomic E-state index is -0.346. The third kappa shape index (κ3) is 2.02. The van der Waals surface area contributed by atoms with E-state index in [0.717, 1.165) is 17.4 Å². The molecule has 0 aliphatic rings.